The van der Waals surface area contributed by atoms with Gasteiger partial charge in [0.25, 0.3) is 0 Å². The van der Waals surface area contributed by atoms with Crippen molar-refractivity contribution < 1.29 is 0 Å². The number of hydrogen-bond donors (Lipinski definition) is 2. The molecular formula is C10H15N3S. The Bertz CT molecular complexity index is 308. The zero-order valence-electron chi connectivity index (χ0n) is 8.23. The van der Waals surface area contributed by atoms with Crippen molar-refractivity contribution in [1.82, 2.24) is 9.95 Å². The van der Waals surface area contributed by atoms with Gasteiger partial charge in [-0.15, -0.1) is 0 Å². The summed E-state index contributed by atoms with van der Waals surface area (Å²) in [5.74, 6) is 5.64. The van der Waals surface area contributed by atoms with E-state index in [1.165, 1.54) is 4.91 Å². The second-order valence-electron chi connectivity index (χ2n) is 3.56. The maximum absolute atomic E-state index is 5.64. The van der Waals surface area contributed by atoms with Crippen molar-refractivity contribution in [3.63, 3.8) is 0 Å². The second kappa shape index (κ2) is 3.81. The molecule has 1 heterocycles. The summed E-state index contributed by atoms with van der Waals surface area (Å²) < 4.78 is 1.54. The summed E-state index contributed by atoms with van der Waals surface area (Å²) in [6, 6.07) is 0. The Balaban J connectivity index is 2.21. The number of nitrogens with zero attached hydrogens (tertiary/aromatic N) is 1. The molecule has 76 valence electrons. The zero-order valence-corrected chi connectivity index (χ0v) is 9.05. The van der Waals surface area contributed by atoms with E-state index in [9.17, 15) is 0 Å². The van der Waals surface area contributed by atoms with E-state index in [1.54, 1.807) is 16.5 Å². The Morgan fingerprint density at radius 3 is 3.00 bits per heavy atom. The third-order valence-electron chi connectivity index (χ3n) is 2.79. The van der Waals surface area contributed by atoms with Gasteiger partial charge in [-0.2, -0.15) is 0 Å². The highest BCUT2D eigenvalue weighted by molar-refractivity contribution is 8.01. The number of nitrogens with two attached hydrogens (primary N) is 1. The van der Waals surface area contributed by atoms with Crippen LogP contribution in [0.15, 0.2) is 35.4 Å². The molecule has 0 aromatic carbocycles. The van der Waals surface area contributed by atoms with Crippen LogP contribution in [0.3, 0.4) is 0 Å². The molecule has 0 aromatic heterocycles. The molecular weight excluding hydrogens is 194 g/mol. The van der Waals surface area contributed by atoms with Gasteiger partial charge in [0.15, 0.2) is 0 Å². The van der Waals surface area contributed by atoms with Gasteiger partial charge >= 0.3 is 0 Å². The van der Waals surface area contributed by atoms with E-state index in [1.807, 2.05) is 6.20 Å². The van der Waals surface area contributed by atoms with Gasteiger partial charge < -0.3 is 5.43 Å². The molecule has 0 bridgehead atoms. The van der Waals surface area contributed by atoms with E-state index < -0.39 is 0 Å². The first-order valence-corrected chi connectivity index (χ1v) is 5.58. The summed E-state index contributed by atoms with van der Waals surface area (Å²) in [6.07, 6.45) is 12.9. The lowest BCUT2D eigenvalue weighted by Crippen LogP contribution is -2.30. The summed E-state index contributed by atoms with van der Waals surface area (Å²) in [5, 5.41) is 0. The van der Waals surface area contributed by atoms with E-state index in [0.717, 1.165) is 12.8 Å². The first-order chi connectivity index (χ1) is 6.77. The molecule has 14 heavy (non-hydrogen) atoms. The van der Waals surface area contributed by atoms with Crippen LogP contribution in [0.2, 0.25) is 0 Å². The molecule has 2 aliphatic rings. The van der Waals surface area contributed by atoms with Gasteiger partial charge in [-0.25, -0.2) is 5.84 Å². The van der Waals surface area contributed by atoms with Crippen LogP contribution in [0.1, 0.15) is 19.8 Å². The number of rotatable bonds is 2. The van der Waals surface area contributed by atoms with Crippen LogP contribution in [0.5, 0.6) is 0 Å². The predicted octanol–water partition coefficient (Wildman–Crippen LogP) is 2.08. The van der Waals surface area contributed by atoms with E-state index in [-0.39, 0.29) is 5.41 Å². The monoisotopic (exact) mass is 209 g/mol. The topological polar surface area (TPSA) is 41.3 Å². The lowest BCUT2D eigenvalue weighted by molar-refractivity contribution is 0.440. The van der Waals surface area contributed by atoms with Crippen molar-refractivity contribution in [3.05, 3.63) is 35.4 Å². The minimum Gasteiger partial charge on any atom is -0.302 e. The highest BCUT2D eigenvalue weighted by Crippen LogP contribution is 2.46. The highest BCUT2D eigenvalue weighted by atomic mass is 32.2. The SMILES string of the molecule is CCC1(C2=CNN(N)S2)C=CC=CC1. The van der Waals surface area contributed by atoms with Crippen molar-refractivity contribution in [2.45, 2.75) is 19.8 Å². The summed E-state index contributed by atoms with van der Waals surface area (Å²) in [6.45, 7) is 2.21. The van der Waals surface area contributed by atoms with Crippen LogP contribution >= 0.6 is 11.9 Å². The summed E-state index contributed by atoms with van der Waals surface area (Å²) >= 11 is 1.57. The van der Waals surface area contributed by atoms with Gasteiger partial charge in [0.05, 0.1) is 0 Å². The van der Waals surface area contributed by atoms with Crippen LogP contribution in [0.4, 0.5) is 0 Å². The first kappa shape index (κ1) is 9.83. The maximum atomic E-state index is 5.64. The predicted molar refractivity (Wildman–Crippen MR) is 60.5 cm³/mol. The summed E-state index contributed by atoms with van der Waals surface area (Å²) in [5.41, 5.74) is 3.13. The lowest BCUT2D eigenvalue weighted by Gasteiger charge is -2.30. The standard InChI is InChI=1S/C10H15N3S/c1-2-10(6-4-3-5-7-10)9-8-12-13(11)14-9/h3-6,8,12H,2,7,11H2,1H3. The quantitative estimate of drug-likeness (QED) is 0.540. The van der Waals surface area contributed by atoms with Crippen molar-refractivity contribution in [3.8, 4) is 0 Å². The van der Waals surface area contributed by atoms with Crippen LogP contribution in [0.25, 0.3) is 0 Å². The Labute approximate surface area is 88.8 Å². The smallest absolute Gasteiger partial charge is 0.0311 e. The Morgan fingerprint density at radius 1 is 1.64 bits per heavy atom. The van der Waals surface area contributed by atoms with Gasteiger partial charge in [0, 0.05) is 16.5 Å². The van der Waals surface area contributed by atoms with Crippen LogP contribution in [-0.2, 0) is 0 Å². The Hall–Kier alpha value is -0.710. The molecule has 3 nitrogen and oxygen atoms in total. The maximum Gasteiger partial charge on any atom is 0.0311 e. The molecule has 0 saturated carbocycles. The molecule has 1 unspecified atom stereocenters. The molecule has 0 amide bonds. The van der Waals surface area contributed by atoms with Gasteiger partial charge in [0.1, 0.15) is 0 Å². The van der Waals surface area contributed by atoms with Gasteiger partial charge in [-0.1, -0.05) is 35.8 Å². The Morgan fingerprint density at radius 2 is 2.50 bits per heavy atom. The average molecular weight is 209 g/mol. The number of allylic oxidation sites excluding steroid dienone is 5. The van der Waals surface area contributed by atoms with Crippen molar-refractivity contribution >= 4 is 11.9 Å². The molecule has 4 heteroatoms. The van der Waals surface area contributed by atoms with E-state index in [4.69, 9.17) is 5.84 Å². The summed E-state index contributed by atoms with van der Waals surface area (Å²) in [7, 11) is 0. The normalized spacial score (nSPS) is 31.7. The second-order valence-corrected chi connectivity index (χ2v) is 4.57. The first-order valence-electron chi connectivity index (χ1n) is 4.81. The third-order valence-corrected chi connectivity index (χ3v) is 3.81. The zero-order chi connectivity index (χ0) is 10.0. The molecule has 0 radical (unpaired) electrons. The minimum absolute atomic E-state index is 0.153. The van der Waals surface area contributed by atoms with Crippen LogP contribution in [0, 0.1) is 5.41 Å². The molecule has 3 N–H and O–H groups in total. The highest BCUT2D eigenvalue weighted by Gasteiger charge is 2.33. The number of nitrogens with one attached hydrogen (secondary N) is 1. The van der Waals surface area contributed by atoms with Crippen molar-refractivity contribution in [2.75, 3.05) is 0 Å². The fourth-order valence-electron chi connectivity index (χ4n) is 1.80. The number of hydrogen-bond acceptors (Lipinski definition) is 4. The number of hydrazine groups is 2. The van der Waals surface area contributed by atoms with Crippen molar-refractivity contribution in [2.24, 2.45) is 11.3 Å². The molecule has 0 fully saturated rings. The van der Waals surface area contributed by atoms with E-state index >= 15 is 0 Å². The summed E-state index contributed by atoms with van der Waals surface area (Å²) in [4.78, 5) is 1.29. The van der Waals surface area contributed by atoms with Gasteiger partial charge in [-0.3, -0.25) is 0 Å². The van der Waals surface area contributed by atoms with Gasteiger partial charge in [-0.05, 0) is 24.8 Å². The lowest BCUT2D eigenvalue weighted by atomic mass is 9.79. The van der Waals surface area contributed by atoms with E-state index in [0.29, 0.717) is 0 Å². The third kappa shape index (κ3) is 1.61. The van der Waals surface area contributed by atoms with Gasteiger partial charge in [0.2, 0.25) is 0 Å². The van der Waals surface area contributed by atoms with Crippen LogP contribution in [-0.4, -0.2) is 4.52 Å². The molecule has 1 aliphatic heterocycles. The largest absolute Gasteiger partial charge is 0.302 e. The molecule has 0 spiro atoms. The van der Waals surface area contributed by atoms with E-state index in [2.05, 4.69) is 36.7 Å². The average Bonchev–Trinajstić information content (AvgIpc) is 2.66. The molecule has 2 rings (SSSR count). The molecule has 0 aromatic rings. The fourth-order valence-corrected chi connectivity index (χ4v) is 2.70. The Kier molecular flexibility index (Phi) is 2.67. The van der Waals surface area contributed by atoms with Crippen molar-refractivity contribution in [1.29, 1.82) is 0 Å². The molecule has 1 aliphatic carbocycles. The molecule has 1 atom stereocenters. The minimum atomic E-state index is 0.153. The fraction of sp³-hybridized carbons (Fsp3) is 0.400. The molecule has 0 saturated heterocycles. The van der Waals surface area contributed by atoms with Crippen LogP contribution < -0.4 is 11.3 Å².